The lowest BCUT2D eigenvalue weighted by molar-refractivity contribution is 0.661. The van der Waals surface area contributed by atoms with E-state index in [1.807, 2.05) is 0 Å². The van der Waals surface area contributed by atoms with Crippen LogP contribution in [-0.2, 0) is 5.41 Å². The molecule has 13 rings (SSSR count). The van der Waals surface area contributed by atoms with E-state index in [4.69, 9.17) is 0 Å². The van der Waals surface area contributed by atoms with Crippen LogP contribution in [0, 0.1) is 0 Å². The SMILES string of the molecule is CC1(C)c2cc(-c3cc(-c4ccc5ccccc5c4)cc([Si](c4ccccc4)(c4ccccc4)c4ccccc4)c3)ccc2-c2ccc(-c3ccc4ccc5cccc6ccc3c4c56)cc21. The second-order valence-corrected chi connectivity index (χ2v) is 22.6. The van der Waals surface area contributed by atoms with Gasteiger partial charge in [0.15, 0.2) is 8.07 Å². The van der Waals surface area contributed by atoms with Gasteiger partial charge in [-0.15, -0.1) is 0 Å². The Hall–Kier alpha value is -7.84. The quantitative estimate of drug-likeness (QED) is 0.0851. The van der Waals surface area contributed by atoms with Crippen molar-refractivity contribution in [1.29, 1.82) is 0 Å². The highest BCUT2D eigenvalue weighted by molar-refractivity contribution is 7.20. The lowest BCUT2D eigenvalue weighted by Gasteiger charge is -2.35. The average Bonchev–Trinajstić information content (AvgIpc) is 3.61. The fraction of sp³-hybridized carbons (Fsp3) is 0.0462. The zero-order chi connectivity index (χ0) is 44.0. The third-order valence-corrected chi connectivity index (χ3v) is 19.7. The van der Waals surface area contributed by atoms with Gasteiger partial charge in [0.05, 0.1) is 0 Å². The van der Waals surface area contributed by atoms with Gasteiger partial charge in [-0.1, -0.05) is 232 Å². The Morgan fingerprint density at radius 2 is 0.712 bits per heavy atom. The molecule has 1 aliphatic carbocycles. The highest BCUT2D eigenvalue weighted by Crippen LogP contribution is 2.51. The van der Waals surface area contributed by atoms with Gasteiger partial charge >= 0.3 is 0 Å². The van der Waals surface area contributed by atoms with Crippen LogP contribution in [0.25, 0.3) is 87.6 Å². The zero-order valence-electron chi connectivity index (χ0n) is 37.1. The first-order valence-electron chi connectivity index (χ1n) is 23.2. The van der Waals surface area contributed by atoms with Crippen molar-refractivity contribution in [2.75, 3.05) is 0 Å². The van der Waals surface area contributed by atoms with Gasteiger partial charge in [0, 0.05) is 5.41 Å². The normalized spacial score (nSPS) is 13.1. The Kier molecular flexibility index (Phi) is 8.69. The molecule has 0 bridgehead atoms. The van der Waals surface area contributed by atoms with Gasteiger partial charge in [0.2, 0.25) is 0 Å². The highest BCUT2D eigenvalue weighted by atomic mass is 28.3. The Labute approximate surface area is 387 Å². The summed E-state index contributed by atoms with van der Waals surface area (Å²) in [6.45, 7) is 4.84. The molecule has 0 N–H and O–H groups in total. The lowest BCUT2D eigenvalue weighted by atomic mass is 9.80. The molecule has 310 valence electrons. The third kappa shape index (κ3) is 5.83. The summed E-state index contributed by atoms with van der Waals surface area (Å²) in [4.78, 5) is 0. The van der Waals surface area contributed by atoms with Crippen LogP contribution in [0.1, 0.15) is 25.0 Å². The van der Waals surface area contributed by atoms with Crippen molar-refractivity contribution >= 4 is 71.9 Å². The van der Waals surface area contributed by atoms with E-state index in [1.165, 1.54) is 119 Å². The summed E-state index contributed by atoms with van der Waals surface area (Å²) < 4.78 is 0. The minimum atomic E-state index is -2.86. The van der Waals surface area contributed by atoms with Crippen molar-refractivity contribution in [2.45, 2.75) is 19.3 Å². The maximum atomic E-state index is 2.53. The number of rotatable bonds is 7. The fourth-order valence-corrected chi connectivity index (χ4v) is 16.5. The van der Waals surface area contributed by atoms with Crippen molar-refractivity contribution in [2.24, 2.45) is 0 Å². The molecule has 0 spiro atoms. The highest BCUT2D eigenvalue weighted by Gasteiger charge is 2.42. The fourth-order valence-electron chi connectivity index (χ4n) is 11.7. The van der Waals surface area contributed by atoms with E-state index in [0.29, 0.717) is 0 Å². The molecule has 0 nitrogen and oxygen atoms in total. The van der Waals surface area contributed by atoms with E-state index < -0.39 is 8.07 Å². The number of hydrogen-bond donors (Lipinski definition) is 0. The Bertz CT molecular complexity index is 3710. The van der Waals surface area contributed by atoms with Gasteiger partial charge < -0.3 is 0 Å². The second-order valence-electron chi connectivity index (χ2n) is 18.8. The van der Waals surface area contributed by atoms with Crippen LogP contribution in [0.5, 0.6) is 0 Å². The molecule has 0 fully saturated rings. The molecular weight excluding hydrogens is 809 g/mol. The molecule has 0 heterocycles. The molecule has 1 aliphatic rings. The van der Waals surface area contributed by atoms with Crippen LogP contribution >= 0.6 is 0 Å². The summed E-state index contributed by atoms with van der Waals surface area (Å²) >= 11 is 0. The summed E-state index contributed by atoms with van der Waals surface area (Å²) in [5, 5.41) is 15.9. The summed E-state index contributed by atoms with van der Waals surface area (Å²) in [6.07, 6.45) is 0. The number of fused-ring (bicyclic) bond motifs is 4. The molecule has 0 unspecified atom stereocenters. The molecule has 12 aromatic carbocycles. The molecule has 12 aromatic rings. The van der Waals surface area contributed by atoms with Crippen molar-refractivity contribution < 1.29 is 0 Å². The summed E-state index contributed by atoms with van der Waals surface area (Å²) in [7, 11) is -2.86. The molecular formula is C65H46Si. The van der Waals surface area contributed by atoms with Crippen LogP contribution < -0.4 is 20.7 Å². The second kappa shape index (κ2) is 14.9. The Balaban J connectivity index is 0.998. The average molecular weight is 855 g/mol. The predicted octanol–water partition coefficient (Wildman–Crippen LogP) is 14.4. The van der Waals surface area contributed by atoms with E-state index >= 15 is 0 Å². The van der Waals surface area contributed by atoms with Gasteiger partial charge in [-0.2, -0.15) is 0 Å². The van der Waals surface area contributed by atoms with E-state index in [-0.39, 0.29) is 5.41 Å². The van der Waals surface area contributed by atoms with E-state index in [1.54, 1.807) is 0 Å². The van der Waals surface area contributed by atoms with Crippen molar-refractivity contribution in [3.05, 3.63) is 254 Å². The monoisotopic (exact) mass is 854 g/mol. The molecule has 0 aromatic heterocycles. The van der Waals surface area contributed by atoms with Gasteiger partial charge in [-0.05, 0) is 144 Å². The lowest BCUT2D eigenvalue weighted by Crippen LogP contribution is -2.74. The molecule has 0 radical (unpaired) electrons. The third-order valence-electron chi connectivity index (χ3n) is 14.9. The van der Waals surface area contributed by atoms with E-state index in [2.05, 4.69) is 257 Å². The van der Waals surface area contributed by atoms with Crippen LogP contribution in [0.15, 0.2) is 243 Å². The first-order valence-corrected chi connectivity index (χ1v) is 25.2. The first kappa shape index (κ1) is 38.6. The van der Waals surface area contributed by atoms with Crippen LogP contribution in [0.4, 0.5) is 0 Å². The Morgan fingerprint density at radius 1 is 0.273 bits per heavy atom. The topological polar surface area (TPSA) is 0 Å². The zero-order valence-corrected chi connectivity index (χ0v) is 38.1. The van der Waals surface area contributed by atoms with Crippen LogP contribution in [0.3, 0.4) is 0 Å². The van der Waals surface area contributed by atoms with Crippen LogP contribution in [0.2, 0.25) is 0 Å². The molecule has 0 saturated carbocycles. The first-order chi connectivity index (χ1) is 32.4. The summed E-state index contributed by atoms with van der Waals surface area (Å²) in [6, 6.07) is 92.0. The van der Waals surface area contributed by atoms with Crippen LogP contribution in [-0.4, -0.2) is 8.07 Å². The van der Waals surface area contributed by atoms with Gasteiger partial charge in [0.25, 0.3) is 0 Å². The van der Waals surface area contributed by atoms with E-state index in [0.717, 1.165) is 0 Å². The van der Waals surface area contributed by atoms with Gasteiger partial charge in [-0.3, -0.25) is 0 Å². The predicted molar refractivity (Wildman–Crippen MR) is 285 cm³/mol. The minimum absolute atomic E-state index is 0.212. The Morgan fingerprint density at radius 3 is 1.33 bits per heavy atom. The molecule has 1 heteroatoms. The largest absolute Gasteiger partial charge is 0.179 e. The maximum absolute atomic E-state index is 2.86. The summed E-state index contributed by atoms with van der Waals surface area (Å²) in [5.74, 6) is 0. The number of benzene rings is 12. The maximum Gasteiger partial charge on any atom is 0.179 e. The molecule has 66 heavy (non-hydrogen) atoms. The van der Waals surface area contributed by atoms with Crippen molar-refractivity contribution in [1.82, 2.24) is 0 Å². The van der Waals surface area contributed by atoms with E-state index in [9.17, 15) is 0 Å². The molecule has 0 saturated heterocycles. The number of hydrogen-bond acceptors (Lipinski definition) is 0. The van der Waals surface area contributed by atoms with Gasteiger partial charge in [0.1, 0.15) is 0 Å². The summed E-state index contributed by atoms with van der Waals surface area (Å²) in [5.41, 5.74) is 12.7. The smallest absolute Gasteiger partial charge is 0.0623 e. The molecule has 0 amide bonds. The van der Waals surface area contributed by atoms with Gasteiger partial charge in [-0.25, -0.2) is 0 Å². The standard InChI is InChI=1S/C65H46Si/c1-65(2)61-41-49(31-34-58(61)59-35-32-50(42-62(59)65)57-33-29-46-27-26-44-17-14-18-45-30-36-60(57)64(46)63(44)45)52-38-51(48-28-25-43-15-12-13-16-47(43)37-48)39-56(40-52)66(53-19-6-3-7-20-53,54-21-8-4-9-22-54)55-23-10-5-11-24-55/h3-42H,1-2H3. The van der Waals surface area contributed by atoms with Crippen molar-refractivity contribution in [3.63, 3.8) is 0 Å². The minimum Gasteiger partial charge on any atom is -0.0623 e. The molecule has 0 aliphatic heterocycles. The van der Waals surface area contributed by atoms with Crippen molar-refractivity contribution in [3.8, 4) is 44.5 Å². The molecule has 0 atom stereocenters.